The van der Waals surface area contributed by atoms with Crippen LogP contribution in [-0.4, -0.2) is 35.1 Å². The van der Waals surface area contributed by atoms with Gasteiger partial charge in [0.15, 0.2) is 0 Å². The number of anilines is 1. The van der Waals surface area contributed by atoms with Crippen molar-refractivity contribution >= 4 is 30.2 Å². The normalized spacial score (nSPS) is 21.1. The van der Waals surface area contributed by atoms with Crippen molar-refractivity contribution in [2.75, 3.05) is 11.5 Å². The Hall–Kier alpha value is -0.711. The number of para-hydroxylation sites is 1. The molecule has 1 fully saturated rings. The fourth-order valence-electron chi connectivity index (χ4n) is 1.93. The van der Waals surface area contributed by atoms with Crippen LogP contribution in [0.15, 0.2) is 30.3 Å². The van der Waals surface area contributed by atoms with Crippen LogP contribution in [0.1, 0.15) is 0 Å². The molecule has 2 rings (SSSR count). The monoisotopic (exact) mass is 327 g/mol. The molecule has 3 nitrogen and oxygen atoms in total. The zero-order valence-corrected chi connectivity index (χ0v) is 12.8. The van der Waals surface area contributed by atoms with Crippen LogP contribution in [0.2, 0.25) is 14.8 Å². The van der Waals surface area contributed by atoms with Crippen molar-refractivity contribution in [1.29, 1.82) is 0 Å². The molecule has 0 aromatic heterocycles. The molecule has 1 aromatic carbocycles. The first-order valence-corrected chi connectivity index (χ1v) is 15.7. The van der Waals surface area contributed by atoms with Gasteiger partial charge < -0.3 is 0 Å². The predicted octanol–water partition coefficient (Wildman–Crippen LogP) is 2.89. The molecule has 0 radical (unpaired) electrons. The Kier molecular flexibility index (Phi) is 3.14. The quantitative estimate of drug-likeness (QED) is 0.782. The van der Waals surface area contributed by atoms with Gasteiger partial charge in [0.05, 0.1) is 0 Å². The molecule has 1 atom stereocenters. The summed E-state index contributed by atoms with van der Waals surface area (Å²) < 4.78 is 5.51. The van der Waals surface area contributed by atoms with E-state index < -0.39 is 18.4 Å². The standard InChI is InChI=1S/C9H8NO2.3CH3.Sn/c11-9-10(6-7-12-9)8-4-2-1-3-5-8;;;;/h1-6H,7H2;3*1H3;. The zero-order chi connectivity index (χ0) is 11.8. The van der Waals surface area contributed by atoms with E-state index in [2.05, 4.69) is 14.8 Å². The average molecular weight is 326 g/mol. The van der Waals surface area contributed by atoms with E-state index in [0.717, 1.165) is 5.69 Å². The van der Waals surface area contributed by atoms with Gasteiger partial charge in [-0.2, -0.15) is 0 Å². The molecule has 1 aliphatic rings. The second-order valence-electron chi connectivity index (χ2n) is 5.16. The van der Waals surface area contributed by atoms with Gasteiger partial charge in [0, 0.05) is 0 Å². The summed E-state index contributed by atoms with van der Waals surface area (Å²) in [4.78, 5) is 20.6. The van der Waals surface area contributed by atoms with Gasteiger partial charge >= 0.3 is 100 Å². The first kappa shape index (κ1) is 11.8. The summed E-state index contributed by atoms with van der Waals surface area (Å²) in [6, 6.07) is 9.81. The Morgan fingerprint density at radius 3 is 2.44 bits per heavy atom. The van der Waals surface area contributed by atoms with Crippen molar-refractivity contribution in [2.45, 2.75) is 18.9 Å². The van der Waals surface area contributed by atoms with Crippen LogP contribution < -0.4 is 4.90 Å². The number of amides is 1. The summed E-state index contributed by atoms with van der Waals surface area (Å²) in [5.41, 5.74) is 0.960. The van der Waals surface area contributed by atoms with Crippen LogP contribution >= 0.6 is 0 Å². The van der Waals surface area contributed by atoms with Crippen LogP contribution in [0, 0.1) is 0 Å². The first-order chi connectivity index (χ1) is 7.50. The predicted molar refractivity (Wildman–Crippen MR) is 67.4 cm³/mol. The van der Waals surface area contributed by atoms with E-state index in [1.165, 1.54) is 0 Å². The average Bonchev–Trinajstić information content (AvgIpc) is 2.61. The van der Waals surface area contributed by atoms with E-state index in [0.29, 0.717) is 10.7 Å². The van der Waals surface area contributed by atoms with Crippen LogP contribution in [0.5, 0.6) is 0 Å². The van der Waals surface area contributed by atoms with E-state index >= 15 is 0 Å². The second kappa shape index (κ2) is 4.28. The number of carbonyl (C=O) groups excluding carboxylic acids is 1. The molecule has 0 saturated carbocycles. The fraction of sp³-hybridized carbons (Fsp3) is 0.417. The zero-order valence-electron chi connectivity index (χ0n) is 9.93. The Balaban J connectivity index is 2.34. The van der Waals surface area contributed by atoms with Crippen molar-refractivity contribution in [3.05, 3.63) is 30.3 Å². The van der Waals surface area contributed by atoms with Crippen LogP contribution in [0.3, 0.4) is 0 Å². The molecule has 1 aliphatic heterocycles. The number of hydrogen-bond acceptors (Lipinski definition) is 2. The number of ether oxygens (including phenoxy) is 1. The molecular formula is C12H17NO2Sn. The van der Waals surface area contributed by atoms with Crippen LogP contribution in [-0.2, 0) is 4.74 Å². The Bertz CT molecular complexity index is 386. The Morgan fingerprint density at radius 1 is 1.25 bits per heavy atom. The molecule has 1 heterocycles. The maximum absolute atomic E-state index is 11.8. The number of cyclic esters (lactones) is 1. The van der Waals surface area contributed by atoms with E-state index in [1.54, 1.807) is 0 Å². The number of rotatable bonds is 2. The van der Waals surface area contributed by atoms with E-state index in [-0.39, 0.29) is 6.09 Å². The van der Waals surface area contributed by atoms with Gasteiger partial charge in [-0.15, -0.1) is 0 Å². The third-order valence-corrected chi connectivity index (χ3v) is 9.83. The van der Waals surface area contributed by atoms with E-state index in [9.17, 15) is 4.79 Å². The Labute approximate surface area is 100 Å². The topological polar surface area (TPSA) is 29.5 Å². The number of benzene rings is 1. The number of carbonyl (C=O) groups is 1. The summed E-state index contributed by atoms with van der Waals surface area (Å²) in [6.07, 6.45) is -0.192. The van der Waals surface area contributed by atoms with Gasteiger partial charge in [-0.05, 0) is 0 Å². The van der Waals surface area contributed by atoms with Crippen molar-refractivity contribution in [1.82, 2.24) is 0 Å². The molecule has 1 unspecified atom stereocenters. The van der Waals surface area contributed by atoms with Crippen molar-refractivity contribution in [3.63, 3.8) is 0 Å². The molecule has 0 spiro atoms. The molecule has 0 aliphatic carbocycles. The summed E-state index contributed by atoms with van der Waals surface area (Å²) in [7, 11) is 0. The van der Waals surface area contributed by atoms with Gasteiger partial charge in [0.25, 0.3) is 0 Å². The summed E-state index contributed by atoms with van der Waals surface area (Å²) in [6.45, 7) is 0.563. The van der Waals surface area contributed by atoms with Gasteiger partial charge in [-0.1, -0.05) is 0 Å². The van der Waals surface area contributed by atoms with Gasteiger partial charge in [0.1, 0.15) is 0 Å². The van der Waals surface area contributed by atoms with E-state index in [1.807, 2.05) is 35.2 Å². The van der Waals surface area contributed by atoms with Crippen molar-refractivity contribution in [3.8, 4) is 0 Å². The SMILES string of the molecule is [CH3][Sn]([CH3])([CH3])[CH]1COC(=O)N1c1ccccc1. The van der Waals surface area contributed by atoms with E-state index in [4.69, 9.17) is 4.74 Å². The Morgan fingerprint density at radius 2 is 1.88 bits per heavy atom. The second-order valence-corrected chi connectivity index (χ2v) is 20.6. The molecule has 16 heavy (non-hydrogen) atoms. The summed E-state index contributed by atoms with van der Waals surface area (Å²) in [5.74, 6) is 0. The fourth-order valence-corrected chi connectivity index (χ4v) is 6.53. The van der Waals surface area contributed by atoms with Crippen molar-refractivity contribution < 1.29 is 9.53 Å². The molecule has 1 amide bonds. The molecule has 1 aromatic rings. The minimum absolute atomic E-state index is 0.192. The van der Waals surface area contributed by atoms with Gasteiger partial charge in [-0.3, -0.25) is 0 Å². The minimum atomic E-state index is -2.17. The first-order valence-electron chi connectivity index (χ1n) is 5.51. The maximum atomic E-state index is 11.8. The van der Waals surface area contributed by atoms with Gasteiger partial charge in [0.2, 0.25) is 0 Å². The molecule has 0 N–H and O–H groups in total. The van der Waals surface area contributed by atoms with Crippen molar-refractivity contribution in [2.24, 2.45) is 0 Å². The number of nitrogens with zero attached hydrogens (tertiary/aromatic N) is 1. The molecule has 86 valence electrons. The third-order valence-electron chi connectivity index (χ3n) is 2.91. The summed E-state index contributed by atoms with van der Waals surface area (Å²) in [5, 5.41) is 0. The molecular weight excluding hydrogens is 309 g/mol. The number of hydrogen-bond donors (Lipinski definition) is 0. The van der Waals surface area contributed by atoms with Crippen LogP contribution in [0.25, 0.3) is 0 Å². The summed E-state index contributed by atoms with van der Waals surface area (Å²) >= 11 is -2.17. The molecule has 0 bridgehead atoms. The molecule has 4 heteroatoms. The third kappa shape index (κ3) is 2.19. The molecule has 1 saturated heterocycles. The van der Waals surface area contributed by atoms with Crippen LogP contribution in [0.4, 0.5) is 10.5 Å². The van der Waals surface area contributed by atoms with Gasteiger partial charge in [-0.25, -0.2) is 0 Å².